The second-order valence-electron chi connectivity index (χ2n) is 4.73. The molecular formula is C17H23BrN2O4. The highest BCUT2D eigenvalue weighted by Crippen LogP contribution is 2.24. The van der Waals surface area contributed by atoms with Crippen LogP contribution in [0.2, 0.25) is 0 Å². The van der Waals surface area contributed by atoms with Crippen LogP contribution in [-0.2, 0) is 14.3 Å². The number of likely N-dealkylation sites (N-methyl/N-ethyl adjacent to an activating group) is 1. The molecule has 7 heteroatoms. The fourth-order valence-electron chi connectivity index (χ4n) is 1.79. The van der Waals surface area contributed by atoms with Gasteiger partial charge < -0.3 is 20.1 Å². The molecule has 0 saturated heterocycles. The van der Waals surface area contributed by atoms with E-state index in [0.717, 1.165) is 10.0 Å². The van der Waals surface area contributed by atoms with Gasteiger partial charge in [0.2, 0.25) is 11.8 Å². The second kappa shape index (κ2) is 11.6. The van der Waals surface area contributed by atoms with Crippen LogP contribution in [0.5, 0.6) is 5.75 Å². The van der Waals surface area contributed by atoms with Gasteiger partial charge in [0.25, 0.3) is 0 Å². The zero-order chi connectivity index (χ0) is 17.8. The number of ether oxygens (including phenoxy) is 2. The first-order valence-electron chi connectivity index (χ1n) is 7.79. The van der Waals surface area contributed by atoms with Gasteiger partial charge >= 0.3 is 0 Å². The van der Waals surface area contributed by atoms with Crippen molar-refractivity contribution in [2.75, 3.05) is 32.9 Å². The highest BCUT2D eigenvalue weighted by molar-refractivity contribution is 9.10. The Labute approximate surface area is 150 Å². The van der Waals surface area contributed by atoms with E-state index in [9.17, 15) is 9.59 Å². The van der Waals surface area contributed by atoms with Crippen molar-refractivity contribution < 1.29 is 19.1 Å². The lowest BCUT2D eigenvalue weighted by atomic mass is 10.2. The van der Waals surface area contributed by atoms with Crippen LogP contribution in [0.4, 0.5) is 0 Å². The average Bonchev–Trinajstić information content (AvgIpc) is 2.56. The van der Waals surface area contributed by atoms with Crippen LogP contribution in [-0.4, -0.2) is 44.7 Å². The molecular weight excluding hydrogens is 376 g/mol. The molecule has 0 fully saturated rings. The molecule has 0 bridgehead atoms. The molecule has 0 saturated carbocycles. The van der Waals surface area contributed by atoms with Gasteiger partial charge in [-0.1, -0.05) is 15.9 Å². The Morgan fingerprint density at radius 2 is 2.00 bits per heavy atom. The van der Waals surface area contributed by atoms with Gasteiger partial charge in [0.05, 0.1) is 13.2 Å². The van der Waals surface area contributed by atoms with Crippen LogP contribution in [0, 0.1) is 0 Å². The number of amides is 2. The minimum Gasteiger partial charge on any atom is -0.491 e. The van der Waals surface area contributed by atoms with Gasteiger partial charge in [-0.2, -0.15) is 0 Å². The number of nitrogens with one attached hydrogen (secondary N) is 2. The van der Waals surface area contributed by atoms with Crippen LogP contribution in [0.15, 0.2) is 28.7 Å². The third-order valence-electron chi connectivity index (χ3n) is 2.87. The van der Waals surface area contributed by atoms with Gasteiger partial charge in [0.15, 0.2) is 0 Å². The van der Waals surface area contributed by atoms with Gasteiger partial charge in [0, 0.05) is 29.3 Å². The first-order chi connectivity index (χ1) is 11.6. The molecule has 1 aromatic carbocycles. The van der Waals surface area contributed by atoms with Crippen LogP contribution >= 0.6 is 15.9 Å². The fourth-order valence-corrected chi connectivity index (χ4v) is 2.17. The van der Waals surface area contributed by atoms with Crippen molar-refractivity contribution in [2.24, 2.45) is 0 Å². The van der Waals surface area contributed by atoms with E-state index >= 15 is 0 Å². The smallest absolute Gasteiger partial charge is 0.244 e. The Balaban J connectivity index is 2.62. The Bertz CT molecular complexity index is 576. The van der Waals surface area contributed by atoms with E-state index in [4.69, 9.17) is 9.47 Å². The van der Waals surface area contributed by atoms with E-state index in [1.54, 1.807) is 6.08 Å². The van der Waals surface area contributed by atoms with E-state index in [2.05, 4.69) is 26.6 Å². The summed E-state index contributed by atoms with van der Waals surface area (Å²) in [6, 6.07) is 5.54. The first kappa shape index (κ1) is 20.2. The quantitative estimate of drug-likeness (QED) is 0.467. The monoisotopic (exact) mass is 398 g/mol. The molecule has 0 heterocycles. The second-order valence-corrected chi connectivity index (χ2v) is 5.65. The number of hydrogen-bond donors (Lipinski definition) is 2. The Hall–Kier alpha value is -1.86. The largest absolute Gasteiger partial charge is 0.491 e. The molecule has 132 valence electrons. The van der Waals surface area contributed by atoms with Gasteiger partial charge in [-0.05, 0) is 38.1 Å². The van der Waals surface area contributed by atoms with Crippen molar-refractivity contribution in [1.29, 1.82) is 0 Å². The average molecular weight is 399 g/mol. The van der Waals surface area contributed by atoms with E-state index in [-0.39, 0.29) is 18.4 Å². The summed E-state index contributed by atoms with van der Waals surface area (Å²) in [4.78, 5) is 23.1. The van der Waals surface area contributed by atoms with Crippen molar-refractivity contribution in [3.63, 3.8) is 0 Å². The normalized spacial score (nSPS) is 10.6. The van der Waals surface area contributed by atoms with E-state index in [0.29, 0.717) is 32.1 Å². The molecule has 0 aromatic heterocycles. The maximum Gasteiger partial charge on any atom is 0.244 e. The highest BCUT2D eigenvalue weighted by atomic mass is 79.9. The lowest BCUT2D eigenvalue weighted by Gasteiger charge is -2.10. The standard InChI is InChI=1S/C17H23BrN2O4/c1-3-19-17(22)12-20-16(21)8-5-13-11-14(18)6-7-15(13)24-10-9-23-4-2/h5-8,11H,3-4,9-10,12H2,1-2H3,(H,19,22)(H,20,21)/b8-5+. The van der Waals surface area contributed by atoms with Crippen LogP contribution in [0.25, 0.3) is 6.08 Å². The summed E-state index contributed by atoms with van der Waals surface area (Å²) in [6.07, 6.45) is 3.02. The maximum absolute atomic E-state index is 11.8. The van der Waals surface area contributed by atoms with Gasteiger partial charge in [-0.25, -0.2) is 0 Å². The zero-order valence-electron chi connectivity index (χ0n) is 13.9. The summed E-state index contributed by atoms with van der Waals surface area (Å²) in [6.45, 7) is 5.80. The Morgan fingerprint density at radius 3 is 2.71 bits per heavy atom. The summed E-state index contributed by atoms with van der Waals surface area (Å²) in [5.74, 6) is 0.0915. The third kappa shape index (κ3) is 8.12. The molecule has 1 aromatic rings. The summed E-state index contributed by atoms with van der Waals surface area (Å²) < 4.78 is 11.8. The predicted molar refractivity (Wildman–Crippen MR) is 96.9 cm³/mol. The van der Waals surface area contributed by atoms with E-state index < -0.39 is 0 Å². The van der Waals surface area contributed by atoms with Crippen molar-refractivity contribution in [1.82, 2.24) is 10.6 Å². The van der Waals surface area contributed by atoms with Crippen molar-refractivity contribution in [2.45, 2.75) is 13.8 Å². The maximum atomic E-state index is 11.8. The van der Waals surface area contributed by atoms with Gasteiger partial charge in [0.1, 0.15) is 12.4 Å². The van der Waals surface area contributed by atoms with Crippen molar-refractivity contribution >= 4 is 33.8 Å². The lowest BCUT2D eigenvalue weighted by molar-refractivity contribution is -0.123. The Kier molecular flexibility index (Phi) is 9.79. The molecule has 2 N–H and O–H groups in total. The minimum atomic E-state index is -0.346. The van der Waals surface area contributed by atoms with Crippen LogP contribution in [0.3, 0.4) is 0 Å². The molecule has 0 unspecified atom stereocenters. The Morgan fingerprint density at radius 1 is 1.21 bits per heavy atom. The molecule has 6 nitrogen and oxygen atoms in total. The van der Waals surface area contributed by atoms with Crippen LogP contribution in [0.1, 0.15) is 19.4 Å². The lowest BCUT2D eigenvalue weighted by Crippen LogP contribution is -2.35. The number of carbonyl (C=O) groups excluding carboxylic acids is 2. The van der Waals surface area contributed by atoms with Crippen molar-refractivity contribution in [3.8, 4) is 5.75 Å². The molecule has 2 amide bonds. The molecule has 0 spiro atoms. The number of halogens is 1. The summed E-state index contributed by atoms with van der Waals surface area (Å²) in [5, 5.41) is 5.13. The molecule has 0 aliphatic heterocycles. The number of hydrogen-bond acceptors (Lipinski definition) is 4. The molecule has 0 radical (unpaired) electrons. The summed E-state index contributed by atoms with van der Waals surface area (Å²) in [7, 11) is 0. The topological polar surface area (TPSA) is 76.7 Å². The number of benzene rings is 1. The van der Waals surface area contributed by atoms with Gasteiger partial charge in [-0.15, -0.1) is 0 Å². The zero-order valence-corrected chi connectivity index (χ0v) is 15.5. The molecule has 0 aliphatic rings. The minimum absolute atomic E-state index is 0.0484. The number of rotatable bonds is 10. The fraction of sp³-hybridized carbons (Fsp3) is 0.412. The summed E-state index contributed by atoms with van der Waals surface area (Å²) in [5.41, 5.74) is 0.758. The van der Waals surface area contributed by atoms with E-state index in [1.165, 1.54) is 6.08 Å². The van der Waals surface area contributed by atoms with Gasteiger partial charge in [-0.3, -0.25) is 9.59 Å². The SMILES string of the molecule is CCNC(=O)CNC(=O)/C=C/c1cc(Br)ccc1OCCOCC. The first-order valence-corrected chi connectivity index (χ1v) is 8.58. The molecule has 0 atom stereocenters. The number of carbonyl (C=O) groups is 2. The molecule has 1 rings (SSSR count). The predicted octanol–water partition coefficient (Wildman–Crippen LogP) is 2.13. The summed E-state index contributed by atoms with van der Waals surface area (Å²) >= 11 is 3.40. The van der Waals surface area contributed by atoms with Crippen LogP contribution < -0.4 is 15.4 Å². The van der Waals surface area contributed by atoms with E-state index in [1.807, 2.05) is 32.0 Å². The molecule has 0 aliphatic carbocycles. The van der Waals surface area contributed by atoms with Crippen molar-refractivity contribution in [3.05, 3.63) is 34.3 Å². The molecule has 24 heavy (non-hydrogen) atoms. The highest BCUT2D eigenvalue weighted by Gasteiger charge is 2.04. The third-order valence-corrected chi connectivity index (χ3v) is 3.37.